The second-order valence-electron chi connectivity index (χ2n) is 5.46. The largest absolute Gasteiger partial charge is 0.350 e. The number of amides is 2. The number of anilines is 1. The molecule has 2 aromatic rings. The highest BCUT2D eigenvalue weighted by Gasteiger charge is 2.17. The van der Waals surface area contributed by atoms with Crippen LogP contribution >= 0.6 is 15.9 Å². The normalized spacial score (nSPS) is 10.7. The third kappa shape index (κ3) is 4.22. The molecule has 23 heavy (non-hydrogen) atoms. The van der Waals surface area contributed by atoms with Crippen LogP contribution in [0.2, 0.25) is 0 Å². The van der Waals surface area contributed by atoms with Gasteiger partial charge in [-0.3, -0.25) is 9.59 Å². The molecular formula is C17H20BrN3O2. The van der Waals surface area contributed by atoms with Crippen LogP contribution in [0.15, 0.2) is 41.0 Å². The van der Waals surface area contributed by atoms with Crippen LogP contribution < -0.4 is 10.6 Å². The van der Waals surface area contributed by atoms with E-state index in [2.05, 4.69) is 26.6 Å². The lowest BCUT2D eigenvalue weighted by Gasteiger charge is -2.13. The third-order valence-corrected chi connectivity index (χ3v) is 3.71. The molecule has 0 spiro atoms. The summed E-state index contributed by atoms with van der Waals surface area (Å²) < 4.78 is 2.69. The number of para-hydroxylation sites is 1. The molecular weight excluding hydrogens is 358 g/mol. The molecule has 2 N–H and O–H groups in total. The minimum Gasteiger partial charge on any atom is -0.350 e. The number of nitrogens with one attached hydrogen (secondary N) is 2. The zero-order valence-electron chi connectivity index (χ0n) is 13.4. The summed E-state index contributed by atoms with van der Waals surface area (Å²) >= 11 is 3.38. The number of nitrogens with zero attached hydrogens (tertiary/aromatic N) is 1. The van der Waals surface area contributed by atoms with Crippen LogP contribution in [0.3, 0.4) is 0 Å². The molecule has 0 radical (unpaired) electrons. The fraction of sp³-hybridized carbons (Fsp3) is 0.294. The number of hydrogen-bond acceptors (Lipinski definition) is 2. The second-order valence-corrected chi connectivity index (χ2v) is 6.37. The average Bonchev–Trinajstić information content (AvgIpc) is 2.88. The molecule has 0 aliphatic carbocycles. The molecule has 1 aromatic carbocycles. The highest BCUT2D eigenvalue weighted by molar-refractivity contribution is 9.10. The molecule has 0 saturated heterocycles. The highest BCUT2D eigenvalue weighted by atomic mass is 79.9. The first-order valence-corrected chi connectivity index (χ1v) is 8.28. The molecule has 0 fully saturated rings. The monoisotopic (exact) mass is 377 g/mol. The number of benzene rings is 1. The van der Waals surface area contributed by atoms with Gasteiger partial charge in [0.15, 0.2) is 0 Å². The molecule has 2 amide bonds. The van der Waals surface area contributed by atoms with Gasteiger partial charge in [-0.15, -0.1) is 0 Å². The van der Waals surface area contributed by atoms with Crippen molar-refractivity contribution in [1.82, 2.24) is 9.88 Å². The van der Waals surface area contributed by atoms with Gasteiger partial charge in [0.05, 0.1) is 11.3 Å². The first-order valence-electron chi connectivity index (χ1n) is 7.49. The van der Waals surface area contributed by atoms with Crippen LogP contribution in [0.5, 0.6) is 0 Å². The Morgan fingerprint density at radius 2 is 1.91 bits per heavy atom. The van der Waals surface area contributed by atoms with Crippen molar-refractivity contribution in [2.45, 2.75) is 33.4 Å². The van der Waals surface area contributed by atoms with Crippen molar-refractivity contribution in [3.63, 3.8) is 0 Å². The van der Waals surface area contributed by atoms with E-state index < -0.39 is 0 Å². The molecule has 5 nitrogen and oxygen atoms in total. The Morgan fingerprint density at radius 1 is 1.22 bits per heavy atom. The van der Waals surface area contributed by atoms with Gasteiger partial charge in [-0.05, 0) is 54.9 Å². The lowest BCUT2D eigenvalue weighted by molar-refractivity contribution is 0.0944. The number of carbonyl (C=O) groups excluding carboxylic acids is 2. The van der Waals surface area contributed by atoms with Crippen molar-refractivity contribution in [2.24, 2.45) is 0 Å². The zero-order chi connectivity index (χ0) is 17.0. The zero-order valence-corrected chi connectivity index (χ0v) is 15.0. The van der Waals surface area contributed by atoms with Crippen LogP contribution in [0, 0.1) is 0 Å². The Hall–Kier alpha value is -2.08. The Kier molecular flexibility index (Phi) is 5.60. The molecule has 122 valence electrons. The van der Waals surface area contributed by atoms with Gasteiger partial charge >= 0.3 is 0 Å². The maximum Gasteiger partial charge on any atom is 0.272 e. The van der Waals surface area contributed by atoms with E-state index in [0.717, 1.165) is 4.47 Å². The molecule has 0 saturated carbocycles. The number of hydrogen-bond donors (Lipinski definition) is 2. The van der Waals surface area contributed by atoms with E-state index in [9.17, 15) is 9.59 Å². The van der Waals surface area contributed by atoms with Gasteiger partial charge in [0.25, 0.3) is 11.8 Å². The van der Waals surface area contributed by atoms with Gasteiger partial charge in [-0.25, -0.2) is 0 Å². The van der Waals surface area contributed by atoms with Crippen molar-refractivity contribution in [2.75, 3.05) is 5.32 Å². The van der Waals surface area contributed by atoms with E-state index in [4.69, 9.17) is 0 Å². The van der Waals surface area contributed by atoms with Crippen molar-refractivity contribution >= 4 is 33.4 Å². The molecule has 2 rings (SSSR count). The third-order valence-electron chi connectivity index (χ3n) is 3.28. The van der Waals surface area contributed by atoms with Crippen LogP contribution in [-0.2, 0) is 6.54 Å². The van der Waals surface area contributed by atoms with Gasteiger partial charge in [0, 0.05) is 23.3 Å². The summed E-state index contributed by atoms with van der Waals surface area (Å²) in [6.45, 7) is 6.44. The summed E-state index contributed by atoms with van der Waals surface area (Å²) in [5.41, 5.74) is 1.48. The summed E-state index contributed by atoms with van der Waals surface area (Å²) in [6.07, 6.45) is 1.85. The predicted octanol–water partition coefficient (Wildman–Crippen LogP) is 3.66. The molecule has 1 heterocycles. The lowest BCUT2D eigenvalue weighted by Crippen LogP contribution is -2.31. The number of rotatable bonds is 5. The predicted molar refractivity (Wildman–Crippen MR) is 94.8 cm³/mol. The topological polar surface area (TPSA) is 63.1 Å². The van der Waals surface area contributed by atoms with Gasteiger partial charge in [-0.1, -0.05) is 12.1 Å². The molecule has 0 atom stereocenters. The maximum atomic E-state index is 12.5. The smallest absolute Gasteiger partial charge is 0.272 e. The van der Waals surface area contributed by atoms with Crippen molar-refractivity contribution < 1.29 is 9.59 Å². The van der Waals surface area contributed by atoms with Crippen molar-refractivity contribution in [1.29, 1.82) is 0 Å². The van der Waals surface area contributed by atoms with E-state index in [1.807, 2.05) is 31.5 Å². The van der Waals surface area contributed by atoms with E-state index in [1.165, 1.54) is 0 Å². The Labute approximate surface area is 144 Å². The average molecular weight is 378 g/mol. The highest BCUT2D eigenvalue weighted by Crippen LogP contribution is 2.19. The van der Waals surface area contributed by atoms with Crippen molar-refractivity contribution in [3.05, 3.63) is 52.3 Å². The first-order chi connectivity index (χ1) is 10.9. The molecule has 0 unspecified atom stereocenters. The van der Waals surface area contributed by atoms with Gasteiger partial charge in [0.2, 0.25) is 0 Å². The molecule has 0 aliphatic heterocycles. The molecule has 6 heteroatoms. The standard InChI is InChI=1S/C17H20BrN3O2/c1-4-21-10-12(18)9-15(21)17(23)20-14-8-6-5-7-13(14)16(22)19-11(2)3/h5-11H,4H2,1-3H3,(H,19,22)(H,20,23). The van der Waals surface area contributed by atoms with Crippen molar-refractivity contribution in [3.8, 4) is 0 Å². The molecule has 1 aromatic heterocycles. The fourth-order valence-electron chi connectivity index (χ4n) is 2.24. The van der Waals surface area contributed by atoms with Gasteiger partial charge in [-0.2, -0.15) is 0 Å². The van der Waals surface area contributed by atoms with Crippen LogP contribution in [0.4, 0.5) is 5.69 Å². The summed E-state index contributed by atoms with van der Waals surface area (Å²) in [6, 6.07) is 8.77. The first kappa shape index (κ1) is 17.3. The second kappa shape index (κ2) is 7.46. The summed E-state index contributed by atoms with van der Waals surface area (Å²) in [5.74, 6) is -0.453. The number of carbonyl (C=O) groups is 2. The van der Waals surface area contributed by atoms with Crippen LogP contribution in [0.25, 0.3) is 0 Å². The summed E-state index contributed by atoms with van der Waals surface area (Å²) in [4.78, 5) is 24.8. The SMILES string of the molecule is CCn1cc(Br)cc1C(=O)Nc1ccccc1C(=O)NC(C)C. The number of aromatic nitrogens is 1. The van der Waals surface area contributed by atoms with Crippen LogP contribution in [-0.4, -0.2) is 22.4 Å². The minimum absolute atomic E-state index is 0.0273. The number of halogens is 1. The fourth-order valence-corrected chi connectivity index (χ4v) is 2.71. The minimum atomic E-state index is -0.248. The Morgan fingerprint density at radius 3 is 2.57 bits per heavy atom. The van der Waals surface area contributed by atoms with Crippen LogP contribution in [0.1, 0.15) is 41.6 Å². The number of aryl methyl sites for hydroxylation is 1. The molecule has 0 bridgehead atoms. The Bertz CT molecular complexity index is 722. The quantitative estimate of drug-likeness (QED) is 0.834. The van der Waals surface area contributed by atoms with Gasteiger partial charge < -0.3 is 15.2 Å². The van der Waals surface area contributed by atoms with Gasteiger partial charge in [0.1, 0.15) is 5.69 Å². The van der Waals surface area contributed by atoms with E-state index >= 15 is 0 Å². The summed E-state index contributed by atoms with van der Waals surface area (Å²) in [7, 11) is 0. The lowest BCUT2D eigenvalue weighted by atomic mass is 10.1. The summed E-state index contributed by atoms with van der Waals surface area (Å²) in [5, 5.41) is 5.66. The van der Waals surface area contributed by atoms with E-state index in [-0.39, 0.29) is 17.9 Å². The molecule has 0 aliphatic rings. The van der Waals surface area contributed by atoms with E-state index in [0.29, 0.717) is 23.5 Å². The van der Waals surface area contributed by atoms with E-state index in [1.54, 1.807) is 30.3 Å². The Balaban J connectivity index is 2.26. The maximum absolute atomic E-state index is 12.5.